The summed E-state index contributed by atoms with van der Waals surface area (Å²) in [4.78, 5) is 0. The van der Waals surface area contributed by atoms with Gasteiger partial charge in [-0.2, -0.15) is 0 Å². The number of rotatable bonds is 4. The van der Waals surface area contributed by atoms with E-state index in [9.17, 15) is 3.83 Å². The van der Waals surface area contributed by atoms with Gasteiger partial charge >= 0.3 is 82.0 Å². The van der Waals surface area contributed by atoms with Gasteiger partial charge in [-0.3, -0.25) is 0 Å². The van der Waals surface area contributed by atoms with Crippen LogP contribution in [0.3, 0.4) is 0 Å². The zero-order valence-corrected chi connectivity index (χ0v) is 8.98. The number of hydrogen-bond donors (Lipinski definition) is 0. The fourth-order valence-corrected chi connectivity index (χ4v) is 3.29. The third-order valence-corrected chi connectivity index (χ3v) is 4.68. The summed E-state index contributed by atoms with van der Waals surface area (Å²) in [7, 11) is 0. The molecular formula is C10H11NOSe. The van der Waals surface area contributed by atoms with Crippen molar-refractivity contribution >= 4 is 18.3 Å². The molecule has 1 atom stereocenters. The van der Waals surface area contributed by atoms with Crippen molar-refractivity contribution in [3.05, 3.63) is 30.3 Å². The van der Waals surface area contributed by atoms with Gasteiger partial charge in [-0.05, 0) is 0 Å². The molecule has 0 aromatic heterocycles. The van der Waals surface area contributed by atoms with Crippen molar-refractivity contribution in [3.8, 4) is 6.07 Å². The van der Waals surface area contributed by atoms with Crippen LogP contribution in [0.4, 0.5) is 0 Å². The van der Waals surface area contributed by atoms with Crippen LogP contribution in [0.5, 0.6) is 0 Å². The van der Waals surface area contributed by atoms with E-state index < -0.39 is 13.8 Å². The van der Waals surface area contributed by atoms with Gasteiger partial charge in [0.15, 0.2) is 0 Å². The van der Waals surface area contributed by atoms with E-state index in [4.69, 9.17) is 5.26 Å². The third-order valence-electron chi connectivity index (χ3n) is 1.62. The van der Waals surface area contributed by atoms with Crippen LogP contribution >= 0.6 is 0 Å². The molecular weight excluding hydrogens is 229 g/mol. The van der Waals surface area contributed by atoms with Gasteiger partial charge < -0.3 is 0 Å². The summed E-state index contributed by atoms with van der Waals surface area (Å²) in [6.45, 7) is 0. The first-order chi connectivity index (χ1) is 6.34. The third kappa shape index (κ3) is 3.50. The summed E-state index contributed by atoms with van der Waals surface area (Å²) in [6.07, 6.45) is 1.26. The van der Waals surface area contributed by atoms with E-state index in [1.54, 1.807) is 0 Å². The van der Waals surface area contributed by atoms with Crippen LogP contribution < -0.4 is 4.46 Å². The first kappa shape index (κ1) is 10.1. The molecule has 0 saturated carbocycles. The van der Waals surface area contributed by atoms with Gasteiger partial charge in [0.1, 0.15) is 0 Å². The molecule has 1 rings (SSSR count). The fourth-order valence-electron chi connectivity index (χ4n) is 0.972. The summed E-state index contributed by atoms with van der Waals surface area (Å²) in [5, 5.41) is 8.99. The van der Waals surface area contributed by atoms with Crippen molar-refractivity contribution in [1.29, 1.82) is 5.26 Å². The Hall–Kier alpha value is -0.971. The Morgan fingerprint density at radius 1 is 1.31 bits per heavy atom. The van der Waals surface area contributed by atoms with E-state index in [1.807, 2.05) is 30.3 Å². The second-order valence-corrected chi connectivity index (χ2v) is 5.92. The second kappa shape index (κ2) is 5.64. The Morgan fingerprint density at radius 2 is 2.00 bits per heavy atom. The molecule has 2 nitrogen and oxygen atoms in total. The van der Waals surface area contributed by atoms with Gasteiger partial charge in [0, 0.05) is 0 Å². The van der Waals surface area contributed by atoms with Crippen molar-refractivity contribution in [2.45, 2.75) is 18.2 Å². The molecule has 0 fully saturated rings. The van der Waals surface area contributed by atoms with E-state index in [1.165, 1.54) is 0 Å². The van der Waals surface area contributed by atoms with Crippen LogP contribution in [0.2, 0.25) is 5.32 Å². The summed E-state index contributed by atoms with van der Waals surface area (Å²) in [6, 6.07) is 11.5. The number of unbranched alkanes of at least 4 members (excludes halogenated alkanes) is 1. The van der Waals surface area contributed by atoms with Crippen LogP contribution in [-0.2, 0) is 3.83 Å². The average molecular weight is 240 g/mol. The van der Waals surface area contributed by atoms with E-state index in [-0.39, 0.29) is 0 Å². The molecule has 0 N–H and O–H groups in total. The molecule has 0 spiro atoms. The van der Waals surface area contributed by atoms with E-state index >= 15 is 0 Å². The predicted molar refractivity (Wildman–Crippen MR) is 52.2 cm³/mol. The molecule has 3 heteroatoms. The van der Waals surface area contributed by atoms with Gasteiger partial charge in [-0.1, -0.05) is 0 Å². The Bertz CT molecular complexity index is 315. The second-order valence-electron chi connectivity index (χ2n) is 2.62. The van der Waals surface area contributed by atoms with Gasteiger partial charge in [0.05, 0.1) is 0 Å². The van der Waals surface area contributed by atoms with Gasteiger partial charge in [0.2, 0.25) is 0 Å². The Kier molecular flexibility index (Phi) is 4.38. The monoisotopic (exact) mass is 241 g/mol. The molecule has 1 unspecified atom stereocenters. The zero-order valence-electron chi connectivity index (χ0n) is 7.27. The minimum absolute atomic E-state index is 0.509. The van der Waals surface area contributed by atoms with Crippen LogP contribution in [0.25, 0.3) is 0 Å². The normalized spacial score (nSPS) is 11.9. The average Bonchev–Trinajstić information content (AvgIpc) is 2.19. The van der Waals surface area contributed by atoms with E-state index in [0.29, 0.717) is 11.7 Å². The molecule has 0 saturated heterocycles. The Balaban J connectivity index is 2.46. The van der Waals surface area contributed by atoms with Crippen molar-refractivity contribution in [3.63, 3.8) is 0 Å². The SMILES string of the molecule is N#CCCC[Se](=O)c1ccccc1. The molecule has 0 heterocycles. The van der Waals surface area contributed by atoms with Gasteiger partial charge in [0.25, 0.3) is 0 Å². The summed E-state index contributed by atoms with van der Waals surface area (Å²) in [5.74, 6) is 0. The number of nitriles is 1. The van der Waals surface area contributed by atoms with Crippen molar-refractivity contribution in [2.75, 3.05) is 0 Å². The van der Waals surface area contributed by atoms with Crippen LogP contribution in [0.1, 0.15) is 12.8 Å². The molecule has 1 aromatic carbocycles. The maximum absolute atomic E-state index is 11.6. The molecule has 0 radical (unpaired) electrons. The van der Waals surface area contributed by atoms with Crippen LogP contribution in [0.15, 0.2) is 30.3 Å². The summed E-state index contributed by atoms with van der Waals surface area (Å²) in [5.41, 5.74) is 0. The molecule has 0 aliphatic rings. The standard InChI is InChI=1S/C10H11NOSe/c11-8-4-5-9-13(12)10-6-2-1-3-7-10/h1-3,6-7H,4-5,9H2. The maximum atomic E-state index is 11.6. The number of hydrogen-bond acceptors (Lipinski definition) is 2. The van der Waals surface area contributed by atoms with Crippen molar-refractivity contribution < 1.29 is 3.83 Å². The molecule has 0 bridgehead atoms. The molecule has 0 aliphatic carbocycles. The zero-order chi connectivity index (χ0) is 9.52. The molecule has 13 heavy (non-hydrogen) atoms. The van der Waals surface area contributed by atoms with Gasteiger partial charge in [-0.25, -0.2) is 0 Å². The first-order valence-corrected chi connectivity index (χ1v) is 6.91. The number of benzene rings is 1. The first-order valence-electron chi connectivity index (χ1n) is 4.15. The predicted octanol–water partition coefficient (Wildman–Crippen LogP) is 1.62. The van der Waals surface area contributed by atoms with Crippen LogP contribution in [-0.4, -0.2) is 13.8 Å². The minimum atomic E-state index is -1.86. The van der Waals surface area contributed by atoms with Crippen molar-refractivity contribution in [1.82, 2.24) is 0 Å². The summed E-state index contributed by atoms with van der Waals surface area (Å²) >= 11 is -1.86. The van der Waals surface area contributed by atoms with Crippen LogP contribution in [0, 0.1) is 11.3 Å². The van der Waals surface area contributed by atoms with Gasteiger partial charge in [-0.15, -0.1) is 0 Å². The van der Waals surface area contributed by atoms with E-state index in [0.717, 1.165) is 10.9 Å². The topological polar surface area (TPSA) is 40.9 Å². The molecule has 0 amide bonds. The molecule has 1 aromatic rings. The molecule has 0 aliphatic heterocycles. The Morgan fingerprint density at radius 3 is 2.62 bits per heavy atom. The van der Waals surface area contributed by atoms with Crippen molar-refractivity contribution in [2.24, 2.45) is 0 Å². The molecule has 68 valence electrons. The quantitative estimate of drug-likeness (QED) is 0.592. The Labute approximate surface area is 82.3 Å². The van der Waals surface area contributed by atoms with E-state index in [2.05, 4.69) is 6.07 Å². The number of nitrogens with zero attached hydrogens (tertiary/aromatic N) is 1. The summed E-state index contributed by atoms with van der Waals surface area (Å²) < 4.78 is 12.6. The fraction of sp³-hybridized carbons (Fsp3) is 0.300.